The van der Waals surface area contributed by atoms with E-state index in [1.165, 1.54) is 11.8 Å². The highest BCUT2D eigenvalue weighted by molar-refractivity contribution is 8.00. The molecule has 0 aromatic rings. The fourth-order valence-electron chi connectivity index (χ4n) is 0.879. The average Bonchev–Trinajstić information content (AvgIpc) is 1.96. The fraction of sp³-hybridized carbons (Fsp3) is 0.875. The van der Waals surface area contributed by atoms with Gasteiger partial charge in [0, 0.05) is 12.3 Å². The molecule has 0 saturated heterocycles. The van der Waals surface area contributed by atoms with Gasteiger partial charge in [0.15, 0.2) is 0 Å². The van der Waals surface area contributed by atoms with E-state index in [2.05, 4.69) is 0 Å². The monoisotopic (exact) mass is 191 g/mol. The Morgan fingerprint density at radius 2 is 2.17 bits per heavy atom. The van der Waals surface area contributed by atoms with Crippen molar-refractivity contribution in [2.24, 2.45) is 11.7 Å². The van der Waals surface area contributed by atoms with Crippen LogP contribution < -0.4 is 5.73 Å². The largest absolute Gasteiger partial charge is 0.480 e. The minimum absolute atomic E-state index is 0.284. The summed E-state index contributed by atoms with van der Waals surface area (Å²) < 4.78 is 0. The van der Waals surface area contributed by atoms with Crippen molar-refractivity contribution in [3.8, 4) is 0 Å². The molecule has 0 aliphatic carbocycles. The third-order valence-corrected chi connectivity index (χ3v) is 2.67. The van der Waals surface area contributed by atoms with Gasteiger partial charge in [-0.15, -0.1) is 11.8 Å². The Bertz CT molecular complexity index is 139. The number of aliphatic carboxylic acids is 1. The molecule has 0 unspecified atom stereocenters. The van der Waals surface area contributed by atoms with Crippen molar-refractivity contribution >= 4 is 17.7 Å². The van der Waals surface area contributed by atoms with Gasteiger partial charge >= 0.3 is 5.97 Å². The zero-order valence-electron chi connectivity index (χ0n) is 7.62. The van der Waals surface area contributed by atoms with Crippen molar-refractivity contribution in [2.45, 2.75) is 25.5 Å². The first-order chi connectivity index (χ1) is 5.57. The van der Waals surface area contributed by atoms with E-state index in [0.29, 0.717) is 12.5 Å². The van der Waals surface area contributed by atoms with E-state index >= 15 is 0 Å². The summed E-state index contributed by atoms with van der Waals surface area (Å²) in [6.45, 7) is 4.60. The molecule has 0 aromatic heterocycles. The van der Waals surface area contributed by atoms with Gasteiger partial charge in [0.05, 0.1) is 0 Å². The van der Waals surface area contributed by atoms with Crippen LogP contribution in [0.2, 0.25) is 0 Å². The highest BCUT2D eigenvalue weighted by atomic mass is 32.2. The quantitative estimate of drug-likeness (QED) is 0.661. The molecular formula is C8H17NO2S. The van der Waals surface area contributed by atoms with E-state index in [1.807, 2.05) is 13.8 Å². The second-order valence-corrected chi connectivity index (χ2v) is 4.43. The van der Waals surface area contributed by atoms with Crippen LogP contribution in [0.5, 0.6) is 0 Å². The van der Waals surface area contributed by atoms with Crippen molar-refractivity contribution in [1.29, 1.82) is 0 Å². The Labute approximate surface area is 77.7 Å². The lowest BCUT2D eigenvalue weighted by Crippen LogP contribution is -2.20. The van der Waals surface area contributed by atoms with E-state index in [0.717, 1.165) is 12.2 Å². The molecule has 0 aliphatic rings. The number of nitrogens with two attached hydrogens (primary N) is 1. The predicted molar refractivity (Wildman–Crippen MR) is 52.4 cm³/mol. The van der Waals surface area contributed by atoms with Crippen molar-refractivity contribution in [3.05, 3.63) is 0 Å². The number of hydrogen-bond donors (Lipinski definition) is 2. The molecule has 0 radical (unpaired) electrons. The fourth-order valence-corrected chi connectivity index (χ4v) is 1.96. The van der Waals surface area contributed by atoms with Crippen molar-refractivity contribution in [1.82, 2.24) is 0 Å². The van der Waals surface area contributed by atoms with E-state index in [1.54, 1.807) is 0 Å². The molecule has 72 valence electrons. The van der Waals surface area contributed by atoms with Crippen molar-refractivity contribution in [3.63, 3.8) is 0 Å². The van der Waals surface area contributed by atoms with Crippen LogP contribution in [0.3, 0.4) is 0 Å². The van der Waals surface area contributed by atoms with Gasteiger partial charge < -0.3 is 10.8 Å². The van der Waals surface area contributed by atoms with Crippen LogP contribution in [-0.2, 0) is 4.79 Å². The number of thioether (sulfide) groups is 1. The molecule has 0 bridgehead atoms. The molecule has 0 aliphatic heterocycles. The highest BCUT2D eigenvalue weighted by Crippen LogP contribution is 2.18. The third kappa shape index (κ3) is 5.43. The molecule has 4 heteroatoms. The SMILES string of the molecule is CC(C)C[C@H](SCCN)C(=O)O. The number of hydrogen-bond acceptors (Lipinski definition) is 3. The summed E-state index contributed by atoms with van der Waals surface area (Å²) in [6, 6.07) is 0. The minimum Gasteiger partial charge on any atom is -0.480 e. The summed E-state index contributed by atoms with van der Waals surface area (Å²) in [5.41, 5.74) is 5.29. The van der Waals surface area contributed by atoms with Gasteiger partial charge in [-0.05, 0) is 12.3 Å². The van der Waals surface area contributed by atoms with Crippen LogP contribution in [0.1, 0.15) is 20.3 Å². The van der Waals surface area contributed by atoms with Crippen molar-refractivity contribution in [2.75, 3.05) is 12.3 Å². The van der Waals surface area contributed by atoms with Gasteiger partial charge in [-0.3, -0.25) is 4.79 Å². The van der Waals surface area contributed by atoms with E-state index < -0.39 is 5.97 Å². The Kier molecular flexibility index (Phi) is 6.20. The average molecular weight is 191 g/mol. The highest BCUT2D eigenvalue weighted by Gasteiger charge is 2.18. The molecule has 12 heavy (non-hydrogen) atoms. The first-order valence-corrected chi connectivity index (χ1v) is 5.17. The first-order valence-electron chi connectivity index (χ1n) is 4.12. The second-order valence-electron chi connectivity index (χ2n) is 3.12. The summed E-state index contributed by atoms with van der Waals surface area (Å²) in [7, 11) is 0. The molecule has 0 rings (SSSR count). The Hall–Kier alpha value is -0.220. The Morgan fingerprint density at radius 1 is 1.58 bits per heavy atom. The summed E-state index contributed by atoms with van der Waals surface area (Å²) >= 11 is 1.43. The van der Waals surface area contributed by atoms with Crippen LogP contribution in [0.15, 0.2) is 0 Å². The van der Waals surface area contributed by atoms with Gasteiger partial charge in [-0.2, -0.15) is 0 Å². The molecule has 0 aromatic carbocycles. The Morgan fingerprint density at radius 3 is 2.50 bits per heavy atom. The number of rotatable bonds is 6. The maximum Gasteiger partial charge on any atom is 0.316 e. The molecule has 3 N–H and O–H groups in total. The number of carbonyl (C=O) groups is 1. The van der Waals surface area contributed by atoms with Gasteiger partial charge in [0.1, 0.15) is 5.25 Å². The van der Waals surface area contributed by atoms with Gasteiger partial charge in [-0.1, -0.05) is 13.8 Å². The lowest BCUT2D eigenvalue weighted by molar-refractivity contribution is -0.136. The minimum atomic E-state index is -0.720. The Balaban J connectivity index is 3.78. The second kappa shape index (κ2) is 6.31. The topological polar surface area (TPSA) is 63.3 Å². The smallest absolute Gasteiger partial charge is 0.316 e. The van der Waals surface area contributed by atoms with Crippen LogP contribution in [0.4, 0.5) is 0 Å². The van der Waals surface area contributed by atoms with E-state index in [9.17, 15) is 4.79 Å². The molecule has 1 atom stereocenters. The maximum absolute atomic E-state index is 10.7. The molecule has 0 spiro atoms. The lowest BCUT2D eigenvalue weighted by atomic mass is 10.1. The molecular weight excluding hydrogens is 174 g/mol. The number of carboxylic acid groups (broad SMARTS) is 1. The standard InChI is InChI=1S/C8H17NO2S/c1-6(2)5-7(8(10)11)12-4-3-9/h6-7H,3-5,9H2,1-2H3,(H,10,11)/t7-/m0/s1. The van der Waals surface area contributed by atoms with Crippen LogP contribution in [0, 0.1) is 5.92 Å². The van der Waals surface area contributed by atoms with Gasteiger partial charge in [0.25, 0.3) is 0 Å². The molecule has 3 nitrogen and oxygen atoms in total. The van der Waals surface area contributed by atoms with Crippen LogP contribution in [-0.4, -0.2) is 28.6 Å². The zero-order chi connectivity index (χ0) is 9.56. The zero-order valence-corrected chi connectivity index (χ0v) is 8.43. The summed E-state index contributed by atoms with van der Waals surface area (Å²) in [5, 5.41) is 8.50. The first kappa shape index (κ1) is 11.8. The molecule has 0 amide bonds. The van der Waals surface area contributed by atoms with Crippen LogP contribution in [0.25, 0.3) is 0 Å². The summed E-state index contributed by atoms with van der Waals surface area (Å²) in [6.07, 6.45) is 0.722. The van der Waals surface area contributed by atoms with E-state index in [-0.39, 0.29) is 5.25 Å². The number of carboxylic acids is 1. The predicted octanol–water partition coefficient (Wildman–Crippen LogP) is 1.18. The maximum atomic E-state index is 10.7. The van der Waals surface area contributed by atoms with Gasteiger partial charge in [0.2, 0.25) is 0 Å². The van der Waals surface area contributed by atoms with Crippen molar-refractivity contribution < 1.29 is 9.90 Å². The molecule has 0 fully saturated rings. The third-order valence-electron chi connectivity index (χ3n) is 1.40. The summed E-state index contributed by atoms with van der Waals surface area (Å²) in [4.78, 5) is 10.7. The molecule has 0 heterocycles. The van der Waals surface area contributed by atoms with E-state index in [4.69, 9.17) is 10.8 Å². The summed E-state index contributed by atoms with van der Waals surface area (Å²) in [5.74, 6) is 0.433. The molecule has 0 saturated carbocycles. The van der Waals surface area contributed by atoms with Gasteiger partial charge in [-0.25, -0.2) is 0 Å². The van der Waals surface area contributed by atoms with Crippen LogP contribution >= 0.6 is 11.8 Å². The normalized spacial score (nSPS) is 13.3. The lowest BCUT2D eigenvalue weighted by Gasteiger charge is -2.13.